The molecule has 2 heterocycles. The van der Waals surface area contributed by atoms with Crippen LogP contribution in [0.25, 0.3) is 0 Å². The Labute approximate surface area is 324 Å². The fourth-order valence-corrected chi connectivity index (χ4v) is 5.29. The molecule has 1 aromatic carbocycles. The number of cyclic esters (lactones) is 4. The van der Waals surface area contributed by atoms with E-state index in [9.17, 15) is 38.4 Å². The van der Waals surface area contributed by atoms with Gasteiger partial charge in [0.1, 0.15) is 25.7 Å². The van der Waals surface area contributed by atoms with Crippen LogP contribution in [0.4, 0.5) is 0 Å². The number of hydrogen-bond acceptors (Lipinski definition) is 14. The summed E-state index contributed by atoms with van der Waals surface area (Å²) in [5.74, 6) is -6.49. The standard InChI is InChI=1S/C37H50N6O13/c1-22(2)54-29-14-23(3)43(38-29)16-27-12-10-26(11-13-27)15-28-37(51)56-25(5)36(50)41(8)17-32(46)52-20-30(44)39(6)19-34(48)55-24(4)35(49)40(7)18-33(47)53-21-31(45)42(28)9/h10-14,22,24-25,28H,15-21H2,1-9H3. The molecule has 0 radical (unpaired) electrons. The van der Waals surface area contributed by atoms with Crippen LogP contribution in [0.2, 0.25) is 0 Å². The SMILES string of the molecule is Cc1cc(OC(C)C)nn1Cc1ccc(CC2C(=O)OC(C)C(=O)N(C)CC(=O)OCC(=O)N(C)CC(=O)OC(C)C(=O)N(C)CC(=O)OCC(=O)N2C)cc1. The highest BCUT2D eigenvalue weighted by Gasteiger charge is 2.33. The van der Waals surface area contributed by atoms with E-state index in [0.717, 1.165) is 30.9 Å². The van der Waals surface area contributed by atoms with Crippen LogP contribution in [0, 0.1) is 6.92 Å². The molecule has 306 valence electrons. The van der Waals surface area contributed by atoms with Crippen LogP contribution in [-0.4, -0.2) is 162 Å². The third kappa shape index (κ3) is 13.1. The second-order valence-electron chi connectivity index (χ2n) is 13.7. The van der Waals surface area contributed by atoms with E-state index in [2.05, 4.69) is 5.10 Å². The number of amides is 4. The van der Waals surface area contributed by atoms with Crippen LogP contribution in [0.3, 0.4) is 0 Å². The Morgan fingerprint density at radius 3 is 1.77 bits per heavy atom. The van der Waals surface area contributed by atoms with E-state index in [1.165, 1.54) is 42.0 Å². The molecule has 3 atom stereocenters. The second kappa shape index (κ2) is 20.1. The molecule has 2 aromatic rings. The van der Waals surface area contributed by atoms with Crippen molar-refractivity contribution in [2.75, 3.05) is 61.0 Å². The molecular weight excluding hydrogens is 736 g/mol. The van der Waals surface area contributed by atoms with Crippen LogP contribution in [0.15, 0.2) is 30.3 Å². The number of carbonyl (C=O) groups excluding carboxylic acids is 8. The lowest BCUT2D eigenvalue weighted by Gasteiger charge is -2.29. The molecule has 1 aliphatic heterocycles. The average molecular weight is 787 g/mol. The van der Waals surface area contributed by atoms with Crippen LogP contribution in [-0.2, 0) is 70.3 Å². The van der Waals surface area contributed by atoms with Crippen molar-refractivity contribution in [1.82, 2.24) is 29.4 Å². The van der Waals surface area contributed by atoms with Gasteiger partial charge in [0, 0.05) is 46.4 Å². The fraction of sp³-hybridized carbons (Fsp3) is 0.541. The lowest BCUT2D eigenvalue weighted by atomic mass is 10.0. The monoisotopic (exact) mass is 786 g/mol. The quantitative estimate of drug-likeness (QED) is 0.273. The molecule has 0 saturated carbocycles. The van der Waals surface area contributed by atoms with Crippen molar-refractivity contribution in [2.45, 2.75) is 71.9 Å². The second-order valence-corrected chi connectivity index (χ2v) is 13.7. The molecule has 1 aromatic heterocycles. The van der Waals surface area contributed by atoms with Gasteiger partial charge in [0.05, 0.1) is 12.6 Å². The fourth-order valence-electron chi connectivity index (χ4n) is 5.29. The average Bonchev–Trinajstić information content (AvgIpc) is 3.47. The summed E-state index contributed by atoms with van der Waals surface area (Å²) in [6.45, 7) is 5.30. The van der Waals surface area contributed by atoms with Gasteiger partial charge in [0.2, 0.25) is 5.88 Å². The van der Waals surface area contributed by atoms with E-state index in [1.54, 1.807) is 16.8 Å². The van der Waals surface area contributed by atoms with Crippen LogP contribution >= 0.6 is 0 Å². The molecule has 0 aliphatic carbocycles. The molecule has 3 rings (SSSR count). The highest BCUT2D eigenvalue weighted by molar-refractivity contribution is 5.91. The molecule has 4 amide bonds. The van der Waals surface area contributed by atoms with Crippen molar-refractivity contribution < 1.29 is 62.0 Å². The number of carbonyl (C=O) groups is 8. The molecule has 1 aliphatic rings. The highest BCUT2D eigenvalue weighted by Crippen LogP contribution is 2.17. The van der Waals surface area contributed by atoms with E-state index in [1.807, 2.05) is 39.0 Å². The van der Waals surface area contributed by atoms with E-state index < -0.39 is 98.6 Å². The van der Waals surface area contributed by atoms with Crippen LogP contribution < -0.4 is 4.74 Å². The molecule has 0 bridgehead atoms. The number of hydrogen-bond donors (Lipinski definition) is 0. The molecule has 1 saturated heterocycles. The number of likely N-dealkylation sites (N-methyl/N-ethyl adjacent to an activating group) is 4. The number of nitrogens with zero attached hydrogens (tertiary/aromatic N) is 6. The van der Waals surface area contributed by atoms with Crippen molar-refractivity contribution in [1.29, 1.82) is 0 Å². The normalized spacial score (nSPS) is 21.1. The van der Waals surface area contributed by atoms with Gasteiger partial charge >= 0.3 is 23.9 Å². The predicted octanol–water partition coefficient (Wildman–Crippen LogP) is -0.265. The third-order valence-electron chi connectivity index (χ3n) is 8.52. The van der Waals surface area contributed by atoms with Gasteiger partial charge in [-0.3, -0.25) is 38.2 Å². The Morgan fingerprint density at radius 2 is 1.21 bits per heavy atom. The molecule has 19 nitrogen and oxygen atoms in total. The minimum Gasteiger partial charge on any atom is -0.474 e. The Morgan fingerprint density at radius 1 is 0.714 bits per heavy atom. The minimum atomic E-state index is -1.42. The van der Waals surface area contributed by atoms with Crippen molar-refractivity contribution in [3.63, 3.8) is 0 Å². The molecule has 0 N–H and O–H groups in total. The number of esters is 4. The maximum Gasteiger partial charge on any atom is 0.329 e. The Hall–Kier alpha value is -6.01. The lowest BCUT2D eigenvalue weighted by Crippen LogP contribution is -2.49. The zero-order valence-electron chi connectivity index (χ0n) is 33.1. The van der Waals surface area contributed by atoms with Gasteiger partial charge in [-0.25, -0.2) is 4.79 Å². The first-order valence-electron chi connectivity index (χ1n) is 17.7. The Balaban J connectivity index is 1.83. The molecule has 0 spiro atoms. The molecule has 1 fully saturated rings. The van der Waals surface area contributed by atoms with Gasteiger partial charge in [0.15, 0.2) is 25.4 Å². The number of aryl methyl sites for hydroxylation is 1. The van der Waals surface area contributed by atoms with Crippen molar-refractivity contribution in [2.24, 2.45) is 0 Å². The van der Waals surface area contributed by atoms with Crippen LogP contribution in [0.1, 0.15) is 44.5 Å². The van der Waals surface area contributed by atoms with E-state index in [0.29, 0.717) is 18.0 Å². The third-order valence-corrected chi connectivity index (χ3v) is 8.52. The summed E-state index contributed by atoms with van der Waals surface area (Å²) in [4.78, 5) is 107. The zero-order chi connectivity index (χ0) is 41.9. The van der Waals surface area contributed by atoms with Crippen molar-refractivity contribution >= 4 is 47.5 Å². The maximum absolute atomic E-state index is 13.7. The topological polar surface area (TPSA) is 213 Å². The minimum absolute atomic E-state index is 0.0379. The molecule has 3 unspecified atom stereocenters. The number of ether oxygens (including phenoxy) is 5. The van der Waals surface area contributed by atoms with Crippen LogP contribution in [0.5, 0.6) is 5.88 Å². The summed E-state index contributed by atoms with van der Waals surface area (Å²) in [5.41, 5.74) is 2.40. The van der Waals surface area contributed by atoms with Crippen molar-refractivity contribution in [3.8, 4) is 5.88 Å². The van der Waals surface area contributed by atoms with Crippen molar-refractivity contribution in [3.05, 3.63) is 47.2 Å². The molecule has 19 heteroatoms. The number of aromatic nitrogens is 2. The number of rotatable bonds is 6. The van der Waals surface area contributed by atoms with Gasteiger partial charge < -0.3 is 43.3 Å². The van der Waals surface area contributed by atoms with Gasteiger partial charge in [0.25, 0.3) is 23.6 Å². The number of benzene rings is 1. The first-order valence-corrected chi connectivity index (χ1v) is 17.7. The summed E-state index contributed by atoms with van der Waals surface area (Å²) in [7, 11) is 5.05. The largest absolute Gasteiger partial charge is 0.474 e. The molecular formula is C37H50N6O13. The summed E-state index contributed by atoms with van der Waals surface area (Å²) in [6, 6.07) is 7.72. The lowest BCUT2D eigenvalue weighted by molar-refractivity contribution is -0.167. The smallest absolute Gasteiger partial charge is 0.329 e. The summed E-state index contributed by atoms with van der Waals surface area (Å²) < 4.78 is 28.1. The van der Waals surface area contributed by atoms with Gasteiger partial charge in [-0.15, -0.1) is 5.10 Å². The Bertz CT molecular complexity index is 1780. The highest BCUT2D eigenvalue weighted by atomic mass is 16.6. The van der Waals surface area contributed by atoms with E-state index in [-0.39, 0.29) is 12.5 Å². The van der Waals surface area contributed by atoms with E-state index in [4.69, 9.17) is 23.7 Å². The summed E-state index contributed by atoms with van der Waals surface area (Å²) in [6.07, 6.45) is -2.89. The molecule has 56 heavy (non-hydrogen) atoms. The first kappa shape index (κ1) is 44.4. The van der Waals surface area contributed by atoms with E-state index >= 15 is 0 Å². The van der Waals surface area contributed by atoms with Gasteiger partial charge in [-0.2, -0.15) is 0 Å². The predicted molar refractivity (Wildman–Crippen MR) is 194 cm³/mol. The summed E-state index contributed by atoms with van der Waals surface area (Å²) in [5, 5.41) is 4.49. The summed E-state index contributed by atoms with van der Waals surface area (Å²) >= 11 is 0. The Kier molecular flexibility index (Phi) is 15.9. The zero-order valence-corrected chi connectivity index (χ0v) is 33.1. The maximum atomic E-state index is 13.7. The first-order chi connectivity index (χ1) is 26.2. The van der Waals surface area contributed by atoms with Gasteiger partial charge in [-0.1, -0.05) is 24.3 Å². The van der Waals surface area contributed by atoms with Gasteiger partial charge in [-0.05, 0) is 45.7 Å².